The molecule has 0 saturated carbocycles. The smallest absolute Gasteiger partial charge is 0.221 e. The number of nitrogens with one attached hydrogen (secondary N) is 1. The summed E-state index contributed by atoms with van der Waals surface area (Å²) in [4.78, 5) is 17.7. The Morgan fingerprint density at radius 1 is 1.12 bits per heavy atom. The van der Waals surface area contributed by atoms with Crippen LogP contribution in [-0.2, 0) is 17.9 Å². The number of aromatic nitrogens is 2. The summed E-state index contributed by atoms with van der Waals surface area (Å²) in [5.41, 5.74) is 1.78. The van der Waals surface area contributed by atoms with Crippen LogP contribution in [0.1, 0.15) is 12.2 Å². The highest BCUT2D eigenvalue weighted by molar-refractivity contribution is 7.99. The van der Waals surface area contributed by atoms with Crippen molar-refractivity contribution in [2.45, 2.75) is 24.5 Å². The van der Waals surface area contributed by atoms with E-state index in [-0.39, 0.29) is 12.5 Å². The molecule has 130 valence electrons. The van der Waals surface area contributed by atoms with Crippen molar-refractivity contribution in [2.75, 3.05) is 12.3 Å². The van der Waals surface area contributed by atoms with Crippen molar-refractivity contribution in [3.63, 3.8) is 0 Å². The number of para-hydroxylation sites is 2. The van der Waals surface area contributed by atoms with E-state index in [0.29, 0.717) is 25.3 Å². The highest BCUT2D eigenvalue weighted by Gasteiger charge is 2.10. The number of rotatable bonds is 8. The van der Waals surface area contributed by atoms with Crippen LogP contribution in [0.15, 0.2) is 59.5 Å². The van der Waals surface area contributed by atoms with E-state index in [1.165, 1.54) is 4.90 Å². The van der Waals surface area contributed by atoms with Crippen LogP contribution in [0.25, 0.3) is 11.0 Å². The molecule has 0 spiro atoms. The Bertz CT molecular complexity index is 833. The van der Waals surface area contributed by atoms with Gasteiger partial charge >= 0.3 is 0 Å². The number of hydrogen-bond donors (Lipinski definition) is 2. The molecule has 0 aliphatic carbocycles. The second-order valence-electron chi connectivity index (χ2n) is 5.59. The van der Waals surface area contributed by atoms with E-state index in [2.05, 4.69) is 22.4 Å². The number of imidazole rings is 1. The highest BCUT2D eigenvalue weighted by atomic mass is 32.2. The zero-order chi connectivity index (χ0) is 17.5. The van der Waals surface area contributed by atoms with Gasteiger partial charge in [-0.3, -0.25) is 4.79 Å². The number of nitrogens with zero attached hydrogens (tertiary/aromatic N) is 2. The minimum absolute atomic E-state index is 0.00957. The molecule has 2 aromatic carbocycles. The lowest BCUT2D eigenvalue weighted by Gasteiger charge is -2.09. The second kappa shape index (κ2) is 8.69. The van der Waals surface area contributed by atoms with Gasteiger partial charge in [-0.2, -0.15) is 0 Å². The topological polar surface area (TPSA) is 67.2 Å². The minimum atomic E-state index is -0.135. The van der Waals surface area contributed by atoms with Gasteiger partial charge in [-0.05, 0) is 24.3 Å². The second-order valence-corrected chi connectivity index (χ2v) is 6.76. The third-order valence-corrected chi connectivity index (χ3v) is 4.89. The molecule has 0 radical (unpaired) electrons. The van der Waals surface area contributed by atoms with Gasteiger partial charge in [-0.25, -0.2) is 4.98 Å². The first-order chi connectivity index (χ1) is 12.3. The molecule has 6 heteroatoms. The van der Waals surface area contributed by atoms with Gasteiger partial charge in [0.05, 0.1) is 11.0 Å². The molecule has 0 bridgehead atoms. The van der Waals surface area contributed by atoms with Crippen molar-refractivity contribution in [1.82, 2.24) is 14.9 Å². The first-order valence-corrected chi connectivity index (χ1v) is 9.26. The number of hydrogen-bond acceptors (Lipinski definition) is 4. The molecule has 1 amide bonds. The van der Waals surface area contributed by atoms with Gasteiger partial charge < -0.3 is 15.0 Å². The average molecular weight is 355 g/mol. The Labute approximate surface area is 151 Å². The van der Waals surface area contributed by atoms with E-state index < -0.39 is 0 Å². The lowest BCUT2D eigenvalue weighted by molar-refractivity contribution is -0.121. The number of amides is 1. The first-order valence-electron chi connectivity index (χ1n) is 8.27. The number of carbonyl (C=O) groups is 1. The molecule has 0 unspecified atom stereocenters. The van der Waals surface area contributed by atoms with Crippen molar-refractivity contribution in [3.05, 3.63) is 60.4 Å². The SMILES string of the molecule is O=C(CCn1c(CO)nc2ccccc21)NCCSc1ccccc1. The number of aliphatic hydroxyl groups is 1. The van der Waals surface area contributed by atoms with Crippen molar-refractivity contribution in [1.29, 1.82) is 0 Å². The predicted molar refractivity (Wildman–Crippen MR) is 100 cm³/mol. The first kappa shape index (κ1) is 17.5. The summed E-state index contributed by atoms with van der Waals surface area (Å²) < 4.78 is 1.91. The Morgan fingerprint density at radius 2 is 1.88 bits per heavy atom. The molecule has 3 aromatic rings. The van der Waals surface area contributed by atoms with Gasteiger partial charge in [-0.1, -0.05) is 30.3 Å². The molecular formula is C19H21N3O2S. The summed E-state index contributed by atoms with van der Waals surface area (Å²) in [7, 11) is 0. The van der Waals surface area contributed by atoms with E-state index in [0.717, 1.165) is 16.8 Å². The maximum Gasteiger partial charge on any atom is 0.221 e. The van der Waals surface area contributed by atoms with Crippen LogP contribution in [0.3, 0.4) is 0 Å². The number of thioether (sulfide) groups is 1. The third kappa shape index (κ3) is 4.61. The molecule has 1 heterocycles. The van der Waals surface area contributed by atoms with E-state index >= 15 is 0 Å². The Balaban J connectivity index is 1.48. The molecule has 5 nitrogen and oxygen atoms in total. The average Bonchev–Trinajstić information content (AvgIpc) is 3.02. The summed E-state index contributed by atoms with van der Waals surface area (Å²) >= 11 is 1.72. The summed E-state index contributed by atoms with van der Waals surface area (Å²) in [6.45, 7) is 1.01. The Morgan fingerprint density at radius 3 is 2.68 bits per heavy atom. The fourth-order valence-corrected chi connectivity index (χ4v) is 3.46. The van der Waals surface area contributed by atoms with Crippen molar-refractivity contribution < 1.29 is 9.90 Å². The van der Waals surface area contributed by atoms with Crippen LogP contribution < -0.4 is 5.32 Å². The largest absolute Gasteiger partial charge is 0.388 e. The van der Waals surface area contributed by atoms with Gasteiger partial charge in [0.1, 0.15) is 12.4 Å². The van der Waals surface area contributed by atoms with Crippen molar-refractivity contribution in [3.8, 4) is 0 Å². The Kier molecular flexibility index (Phi) is 6.09. The predicted octanol–water partition coefficient (Wildman–Crippen LogP) is 2.83. The van der Waals surface area contributed by atoms with E-state index in [1.54, 1.807) is 11.8 Å². The zero-order valence-electron chi connectivity index (χ0n) is 13.9. The van der Waals surface area contributed by atoms with Gasteiger partial charge in [0, 0.05) is 30.2 Å². The Hall–Kier alpha value is -2.31. The van der Waals surface area contributed by atoms with Crippen molar-refractivity contribution in [2.24, 2.45) is 0 Å². The monoisotopic (exact) mass is 355 g/mol. The van der Waals surface area contributed by atoms with Gasteiger partial charge in [0.25, 0.3) is 0 Å². The van der Waals surface area contributed by atoms with Crippen LogP contribution in [0.2, 0.25) is 0 Å². The molecule has 0 fully saturated rings. The molecule has 3 rings (SSSR count). The summed E-state index contributed by atoms with van der Waals surface area (Å²) in [6.07, 6.45) is 0.364. The molecule has 25 heavy (non-hydrogen) atoms. The van der Waals surface area contributed by atoms with Crippen molar-refractivity contribution >= 4 is 28.7 Å². The number of carbonyl (C=O) groups excluding carboxylic acids is 1. The maximum absolute atomic E-state index is 12.1. The molecule has 0 atom stereocenters. The third-order valence-electron chi connectivity index (χ3n) is 3.87. The van der Waals surface area contributed by atoms with Crippen LogP contribution >= 0.6 is 11.8 Å². The minimum Gasteiger partial charge on any atom is -0.388 e. The van der Waals surface area contributed by atoms with E-state index in [4.69, 9.17) is 0 Å². The molecule has 2 N–H and O–H groups in total. The summed E-state index contributed by atoms with van der Waals surface area (Å²) in [6, 6.07) is 17.8. The molecule has 0 saturated heterocycles. The van der Waals surface area contributed by atoms with Crippen LogP contribution in [-0.4, -0.2) is 32.9 Å². The number of fused-ring (bicyclic) bond motifs is 1. The fourth-order valence-electron chi connectivity index (χ4n) is 2.67. The highest BCUT2D eigenvalue weighted by Crippen LogP contribution is 2.17. The summed E-state index contributed by atoms with van der Waals surface area (Å²) in [5.74, 6) is 1.44. The quantitative estimate of drug-likeness (QED) is 0.482. The lowest BCUT2D eigenvalue weighted by Crippen LogP contribution is -2.26. The molecule has 0 aliphatic rings. The normalized spacial score (nSPS) is 10.9. The fraction of sp³-hybridized carbons (Fsp3) is 0.263. The maximum atomic E-state index is 12.1. The standard InChI is InChI=1S/C19H21N3O2S/c23-14-18-21-16-8-4-5-9-17(16)22(18)12-10-19(24)20-11-13-25-15-6-2-1-3-7-15/h1-9,23H,10-14H2,(H,20,24). The number of aliphatic hydroxyl groups excluding tert-OH is 1. The van der Waals surface area contributed by atoms with E-state index in [9.17, 15) is 9.90 Å². The number of benzene rings is 2. The van der Waals surface area contributed by atoms with E-state index in [1.807, 2.05) is 47.0 Å². The lowest BCUT2D eigenvalue weighted by atomic mass is 10.3. The molecule has 1 aromatic heterocycles. The van der Waals surface area contributed by atoms with Crippen LogP contribution in [0, 0.1) is 0 Å². The summed E-state index contributed by atoms with van der Waals surface area (Å²) in [5, 5.41) is 12.4. The van der Waals surface area contributed by atoms with Gasteiger partial charge in [0.15, 0.2) is 0 Å². The molecule has 0 aliphatic heterocycles. The van der Waals surface area contributed by atoms with Gasteiger partial charge in [-0.15, -0.1) is 11.8 Å². The van der Waals surface area contributed by atoms with Gasteiger partial charge in [0.2, 0.25) is 5.91 Å². The number of aryl methyl sites for hydroxylation is 1. The zero-order valence-corrected chi connectivity index (χ0v) is 14.7. The molecular weight excluding hydrogens is 334 g/mol. The van der Waals surface area contributed by atoms with Crippen LogP contribution in [0.4, 0.5) is 0 Å². The van der Waals surface area contributed by atoms with Crippen LogP contribution in [0.5, 0.6) is 0 Å².